The molecule has 0 amide bonds. The lowest BCUT2D eigenvalue weighted by molar-refractivity contribution is 0.417. The molecule has 0 bridgehead atoms. The molecule has 1 atom stereocenters. The molecule has 0 aromatic heterocycles. The Labute approximate surface area is 42.3 Å². The Bertz CT molecular complexity index is 152. The van der Waals surface area contributed by atoms with Crippen LogP contribution in [-0.2, 0) is 4.74 Å². The van der Waals surface area contributed by atoms with E-state index >= 15 is 0 Å². The standard InChI is InChI=1S/C6H6O/c1-2-4-6-5(3-1)7-6/h1,6H,2,4H2. The van der Waals surface area contributed by atoms with Crippen molar-refractivity contribution >= 4 is 0 Å². The molecule has 1 heteroatoms. The van der Waals surface area contributed by atoms with E-state index in [-0.39, 0.29) is 0 Å². The van der Waals surface area contributed by atoms with E-state index in [1.54, 1.807) is 0 Å². The third-order valence-corrected chi connectivity index (χ3v) is 1.32. The number of hydrogen-bond acceptors (Lipinski definition) is 1. The van der Waals surface area contributed by atoms with Crippen LogP contribution in [-0.4, -0.2) is 6.10 Å². The van der Waals surface area contributed by atoms with Gasteiger partial charge in [-0.15, -0.1) is 0 Å². The summed E-state index contributed by atoms with van der Waals surface area (Å²) in [6, 6.07) is 0. The van der Waals surface area contributed by atoms with Crippen molar-refractivity contribution in [2.75, 3.05) is 0 Å². The molecule has 0 spiro atoms. The molecule has 1 aliphatic carbocycles. The average Bonchev–Trinajstić information content (AvgIpc) is 2.41. The number of epoxide rings is 1. The fourth-order valence-electron chi connectivity index (χ4n) is 0.844. The predicted octanol–water partition coefficient (Wildman–Crippen LogP) is 1.22. The molecule has 1 fully saturated rings. The molecule has 1 unspecified atom stereocenters. The Hall–Kier alpha value is -0.680. The summed E-state index contributed by atoms with van der Waals surface area (Å²) in [4.78, 5) is 0. The normalized spacial score (nSPS) is 33.1. The lowest BCUT2D eigenvalue weighted by atomic mass is 10.2. The van der Waals surface area contributed by atoms with E-state index in [1.807, 2.05) is 6.08 Å². The molecular weight excluding hydrogens is 88.1 g/mol. The Morgan fingerprint density at radius 1 is 1.86 bits per heavy atom. The first-order valence-corrected chi connectivity index (χ1v) is 2.58. The molecule has 0 aromatic carbocycles. The Morgan fingerprint density at radius 3 is 3.43 bits per heavy atom. The highest BCUT2D eigenvalue weighted by Gasteiger charge is 2.32. The molecule has 36 valence electrons. The topological polar surface area (TPSA) is 12.5 Å². The molecule has 1 heterocycles. The highest BCUT2D eigenvalue weighted by Crippen LogP contribution is 2.32. The summed E-state index contributed by atoms with van der Waals surface area (Å²) in [7, 11) is 0. The van der Waals surface area contributed by atoms with Crippen LogP contribution in [0.15, 0.2) is 17.6 Å². The van der Waals surface area contributed by atoms with E-state index in [4.69, 9.17) is 4.74 Å². The maximum atomic E-state index is 5.05. The van der Waals surface area contributed by atoms with Gasteiger partial charge in [-0.2, -0.15) is 0 Å². The summed E-state index contributed by atoms with van der Waals surface area (Å²) in [5.74, 6) is 1.08. The third kappa shape index (κ3) is 0.386. The third-order valence-electron chi connectivity index (χ3n) is 1.32. The van der Waals surface area contributed by atoms with Crippen molar-refractivity contribution in [3.63, 3.8) is 0 Å². The SMILES string of the molecule is C1=CCCC2OC=12. The zero-order chi connectivity index (χ0) is 4.69. The molecule has 0 aromatic rings. The fourth-order valence-corrected chi connectivity index (χ4v) is 0.844. The smallest absolute Gasteiger partial charge is 0.180 e. The second-order valence-electron chi connectivity index (χ2n) is 1.90. The molecule has 0 N–H and O–H groups in total. The van der Waals surface area contributed by atoms with Crippen LogP contribution < -0.4 is 0 Å². The van der Waals surface area contributed by atoms with Crippen LogP contribution in [0.1, 0.15) is 12.8 Å². The molecule has 2 rings (SSSR count). The van der Waals surface area contributed by atoms with Crippen molar-refractivity contribution in [2.24, 2.45) is 0 Å². The van der Waals surface area contributed by atoms with Crippen LogP contribution in [0.4, 0.5) is 0 Å². The van der Waals surface area contributed by atoms with Crippen molar-refractivity contribution in [3.05, 3.63) is 17.6 Å². The zero-order valence-corrected chi connectivity index (χ0v) is 3.98. The van der Waals surface area contributed by atoms with E-state index in [1.165, 1.54) is 6.42 Å². The monoisotopic (exact) mass is 94.0 g/mol. The summed E-state index contributed by atoms with van der Waals surface area (Å²) in [5.41, 5.74) is 3.03. The molecule has 0 saturated carbocycles. The van der Waals surface area contributed by atoms with Crippen LogP contribution >= 0.6 is 0 Å². The fraction of sp³-hybridized carbons (Fsp3) is 0.500. The molecule has 2 aliphatic rings. The summed E-state index contributed by atoms with van der Waals surface area (Å²) in [6.45, 7) is 0. The van der Waals surface area contributed by atoms with Gasteiger partial charge < -0.3 is 4.74 Å². The van der Waals surface area contributed by atoms with Gasteiger partial charge in [0, 0.05) is 0 Å². The van der Waals surface area contributed by atoms with Gasteiger partial charge >= 0.3 is 0 Å². The minimum Gasteiger partial charge on any atom is -0.474 e. The van der Waals surface area contributed by atoms with E-state index in [9.17, 15) is 0 Å². The molecule has 1 saturated heterocycles. The summed E-state index contributed by atoms with van der Waals surface area (Å²) in [6.07, 6.45) is 4.85. The molecule has 1 aliphatic heterocycles. The second-order valence-corrected chi connectivity index (χ2v) is 1.90. The Morgan fingerprint density at radius 2 is 2.86 bits per heavy atom. The maximum Gasteiger partial charge on any atom is 0.180 e. The second kappa shape index (κ2) is 0.932. The van der Waals surface area contributed by atoms with Crippen LogP contribution in [0, 0.1) is 0 Å². The highest BCUT2D eigenvalue weighted by molar-refractivity contribution is 5.16. The lowest BCUT2D eigenvalue weighted by Gasteiger charge is -1.83. The van der Waals surface area contributed by atoms with Crippen molar-refractivity contribution in [1.82, 2.24) is 0 Å². The van der Waals surface area contributed by atoms with Crippen molar-refractivity contribution in [1.29, 1.82) is 0 Å². The number of hydrogen-bond donors (Lipinski definition) is 0. The van der Waals surface area contributed by atoms with Gasteiger partial charge in [0.15, 0.2) is 11.9 Å². The summed E-state index contributed by atoms with van der Waals surface area (Å²) >= 11 is 0. The van der Waals surface area contributed by atoms with Gasteiger partial charge in [-0.05, 0) is 18.9 Å². The first-order chi connectivity index (χ1) is 3.47. The first kappa shape index (κ1) is 3.34. The van der Waals surface area contributed by atoms with Gasteiger partial charge in [-0.1, -0.05) is 5.73 Å². The number of fused-ring (bicyclic) bond motifs is 1. The van der Waals surface area contributed by atoms with Crippen molar-refractivity contribution in [3.8, 4) is 0 Å². The van der Waals surface area contributed by atoms with Gasteiger partial charge in [0.1, 0.15) is 0 Å². The van der Waals surface area contributed by atoms with Crippen LogP contribution in [0.2, 0.25) is 0 Å². The maximum absolute atomic E-state index is 5.05. The van der Waals surface area contributed by atoms with Crippen LogP contribution in [0.3, 0.4) is 0 Å². The largest absolute Gasteiger partial charge is 0.474 e. The molecule has 0 radical (unpaired) electrons. The van der Waals surface area contributed by atoms with E-state index in [2.05, 4.69) is 5.73 Å². The van der Waals surface area contributed by atoms with Gasteiger partial charge in [-0.3, -0.25) is 0 Å². The van der Waals surface area contributed by atoms with Crippen molar-refractivity contribution < 1.29 is 4.74 Å². The van der Waals surface area contributed by atoms with Crippen LogP contribution in [0.25, 0.3) is 0 Å². The van der Waals surface area contributed by atoms with Crippen molar-refractivity contribution in [2.45, 2.75) is 18.9 Å². The summed E-state index contributed by atoms with van der Waals surface area (Å²) < 4.78 is 5.05. The van der Waals surface area contributed by atoms with Gasteiger partial charge in [-0.25, -0.2) is 0 Å². The Kier molecular flexibility index (Phi) is 0.445. The minimum atomic E-state index is 0.477. The molecular formula is C6H6O. The average molecular weight is 94.1 g/mol. The van der Waals surface area contributed by atoms with Gasteiger partial charge in [0.2, 0.25) is 0 Å². The van der Waals surface area contributed by atoms with E-state index < -0.39 is 0 Å². The number of ether oxygens (including phenoxy) is 1. The first-order valence-electron chi connectivity index (χ1n) is 2.58. The quantitative estimate of drug-likeness (QED) is 0.325. The highest BCUT2D eigenvalue weighted by atomic mass is 16.6. The molecule has 1 nitrogen and oxygen atoms in total. The lowest BCUT2D eigenvalue weighted by Crippen LogP contribution is -1.82. The predicted molar refractivity (Wildman–Crippen MR) is 25.7 cm³/mol. The van der Waals surface area contributed by atoms with Crippen LogP contribution in [0.5, 0.6) is 0 Å². The van der Waals surface area contributed by atoms with E-state index in [0.717, 1.165) is 12.2 Å². The minimum absolute atomic E-state index is 0.477. The molecule has 7 heavy (non-hydrogen) atoms. The van der Waals surface area contributed by atoms with E-state index in [0.29, 0.717) is 6.10 Å². The zero-order valence-electron chi connectivity index (χ0n) is 3.98. The number of rotatable bonds is 0. The summed E-state index contributed by atoms with van der Waals surface area (Å²) in [5, 5.41) is 0. The van der Waals surface area contributed by atoms with Gasteiger partial charge in [0.05, 0.1) is 0 Å². The van der Waals surface area contributed by atoms with Gasteiger partial charge in [0.25, 0.3) is 0 Å². The Balaban J connectivity index is 2.40.